The Bertz CT molecular complexity index is 1060. The molecule has 0 bridgehead atoms. The lowest BCUT2D eigenvalue weighted by Gasteiger charge is -2.15. The van der Waals surface area contributed by atoms with E-state index >= 15 is 0 Å². The van der Waals surface area contributed by atoms with E-state index in [1.165, 1.54) is 11.8 Å². The highest BCUT2D eigenvalue weighted by atomic mass is 35.5. The Morgan fingerprint density at radius 3 is 2.29 bits per heavy atom. The van der Waals surface area contributed by atoms with E-state index in [1.54, 1.807) is 31.2 Å². The molecule has 1 atom stereocenters. The number of rotatable bonds is 8. The first-order chi connectivity index (χ1) is 14.9. The molecule has 0 saturated heterocycles. The van der Waals surface area contributed by atoms with Crippen LogP contribution in [-0.4, -0.2) is 22.8 Å². The summed E-state index contributed by atoms with van der Waals surface area (Å²) >= 11 is 7.43. The molecule has 0 aromatic heterocycles. The van der Waals surface area contributed by atoms with Crippen LogP contribution in [0.5, 0.6) is 11.5 Å². The third-order valence-electron chi connectivity index (χ3n) is 4.37. The molecule has 3 aromatic rings. The Morgan fingerprint density at radius 2 is 1.58 bits per heavy atom. The van der Waals surface area contributed by atoms with Crippen LogP contribution < -0.4 is 15.4 Å². The van der Waals surface area contributed by atoms with Crippen molar-refractivity contribution in [2.24, 2.45) is 0 Å². The second kappa shape index (κ2) is 10.9. The topological polar surface area (TPSA) is 67.4 Å². The summed E-state index contributed by atoms with van der Waals surface area (Å²) in [6, 6.07) is 21.8. The number of para-hydroxylation sites is 3. The Kier molecular flexibility index (Phi) is 7.98. The van der Waals surface area contributed by atoms with Crippen LogP contribution in [0.3, 0.4) is 0 Å². The van der Waals surface area contributed by atoms with Gasteiger partial charge in [-0.1, -0.05) is 53.6 Å². The summed E-state index contributed by atoms with van der Waals surface area (Å²) in [5.41, 5.74) is 2.39. The number of halogens is 1. The van der Waals surface area contributed by atoms with Crippen LogP contribution in [0, 0.1) is 6.92 Å². The average molecular weight is 455 g/mol. The molecule has 160 valence electrons. The van der Waals surface area contributed by atoms with E-state index in [0.29, 0.717) is 22.2 Å². The molecule has 7 heteroatoms. The minimum atomic E-state index is -0.433. The number of aryl methyl sites for hydroxylation is 1. The highest BCUT2D eigenvalue weighted by Gasteiger charge is 2.17. The van der Waals surface area contributed by atoms with Gasteiger partial charge in [-0.15, -0.1) is 11.8 Å². The van der Waals surface area contributed by atoms with Crippen molar-refractivity contribution in [2.75, 3.05) is 16.4 Å². The minimum absolute atomic E-state index is 0.157. The summed E-state index contributed by atoms with van der Waals surface area (Å²) in [7, 11) is 0. The molecule has 0 heterocycles. The van der Waals surface area contributed by atoms with Crippen molar-refractivity contribution in [1.82, 2.24) is 0 Å². The van der Waals surface area contributed by atoms with Crippen molar-refractivity contribution in [3.8, 4) is 11.5 Å². The molecular weight excluding hydrogens is 432 g/mol. The van der Waals surface area contributed by atoms with E-state index in [2.05, 4.69) is 10.6 Å². The molecule has 0 spiro atoms. The van der Waals surface area contributed by atoms with E-state index in [9.17, 15) is 9.59 Å². The molecule has 3 aromatic carbocycles. The molecule has 3 rings (SSSR count). The third-order valence-corrected chi connectivity index (χ3v) is 5.83. The summed E-state index contributed by atoms with van der Waals surface area (Å²) in [4.78, 5) is 24.8. The molecule has 1 unspecified atom stereocenters. The van der Waals surface area contributed by atoms with Crippen LogP contribution in [0.4, 0.5) is 11.4 Å². The zero-order chi connectivity index (χ0) is 22.2. The number of ether oxygens (including phenoxy) is 1. The molecule has 0 aliphatic carbocycles. The second-order valence-corrected chi connectivity index (χ2v) is 8.62. The predicted octanol–water partition coefficient (Wildman–Crippen LogP) is 6.14. The minimum Gasteiger partial charge on any atom is -0.454 e. The molecule has 0 aliphatic rings. The molecule has 31 heavy (non-hydrogen) atoms. The smallest absolute Gasteiger partial charge is 0.237 e. The van der Waals surface area contributed by atoms with Crippen LogP contribution in [0.2, 0.25) is 5.02 Å². The van der Waals surface area contributed by atoms with E-state index < -0.39 is 5.25 Å². The van der Waals surface area contributed by atoms with Gasteiger partial charge < -0.3 is 15.4 Å². The summed E-state index contributed by atoms with van der Waals surface area (Å²) in [5.74, 6) is 0.777. The standard InChI is InChI=1S/C24H23ClN2O3S/c1-16-11-13-18(14-12-16)26-23(28)15-31-17(2)24(29)27-20-8-4-6-10-22(20)30-21-9-5-3-7-19(21)25/h3-14,17H,15H2,1-2H3,(H,26,28)(H,27,29). The first kappa shape index (κ1) is 22.7. The number of amides is 2. The van der Waals surface area contributed by atoms with E-state index in [4.69, 9.17) is 16.3 Å². The Labute approximate surface area is 191 Å². The van der Waals surface area contributed by atoms with Gasteiger partial charge in [0.05, 0.1) is 21.7 Å². The quantitative estimate of drug-likeness (QED) is 0.429. The zero-order valence-corrected chi connectivity index (χ0v) is 18.8. The largest absolute Gasteiger partial charge is 0.454 e. The fourth-order valence-corrected chi connectivity index (χ4v) is 3.51. The maximum atomic E-state index is 12.6. The highest BCUT2D eigenvalue weighted by Crippen LogP contribution is 2.33. The van der Waals surface area contributed by atoms with Crippen molar-refractivity contribution in [3.63, 3.8) is 0 Å². The third kappa shape index (κ3) is 6.77. The summed E-state index contributed by atoms with van der Waals surface area (Å²) in [5, 5.41) is 5.75. The summed E-state index contributed by atoms with van der Waals surface area (Å²) in [6.07, 6.45) is 0. The molecule has 0 saturated carbocycles. The monoisotopic (exact) mass is 454 g/mol. The van der Waals surface area contributed by atoms with Crippen molar-refractivity contribution in [2.45, 2.75) is 19.1 Å². The number of carbonyl (C=O) groups excluding carboxylic acids is 2. The van der Waals surface area contributed by atoms with E-state index in [0.717, 1.165) is 11.3 Å². The van der Waals surface area contributed by atoms with Crippen LogP contribution >= 0.6 is 23.4 Å². The van der Waals surface area contributed by atoms with Gasteiger partial charge in [-0.25, -0.2) is 0 Å². The summed E-state index contributed by atoms with van der Waals surface area (Å²) in [6.45, 7) is 3.75. The van der Waals surface area contributed by atoms with Gasteiger partial charge in [-0.3, -0.25) is 9.59 Å². The first-order valence-corrected chi connectivity index (χ1v) is 11.2. The van der Waals surface area contributed by atoms with Crippen LogP contribution in [-0.2, 0) is 9.59 Å². The second-order valence-electron chi connectivity index (χ2n) is 6.89. The maximum Gasteiger partial charge on any atom is 0.237 e. The van der Waals surface area contributed by atoms with Crippen molar-refractivity contribution in [1.29, 1.82) is 0 Å². The van der Waals surface area contributed by atoms with Gasteiger partial charge in [-0.2, -0.15) is 0 Å². The molecule has 0 radical (unpaired) electrons. The zero-order valence-electron chi connectivity index (χ0n) is 17.2. The average Bonchev–Trinajstić information content (AvgIpc) is 2.76. The molecule has 0 aliphatic heterocycles. The van der Waals surface area contributed by atoms with Crippen molar-refractivity contribution < 1.29 is 14.3 Å². The van der Waals surface area contributed by atoms with Crippen molar-refractivity contribution >= 4 is 46.6 Å². The first-order valence-electron chi connectivity index (χ1n) is 9.73. The molecule has 0 fully saturated rings. The number of anilines is 2. The lowest BCUT2D eigenvalue weighted by Crippen LogP contribution is -2.25. The van der Waals surface area contributed by atoms with E-state index in [1.807, 2.05) is 55.5 Å². The van der Waals surface area contributed by atoms with Gasteiger partial charge in [0.2, 0.25) is 11.8 Å². The van der Waals surface area contributed by atoms with Crippen LogP contribution in [0.25, 0.3) is 0 Å². The highest BCUT2D eigenvalue weighted by molar-refractivity contribution is 8.01. The molecule has 5 nitrogen and oxygen atoms in total. The maximum absolute atomic E-state index is 12.6. The number of nitrogens with one attached hydrogen (secondary N) is 2. The summed E-state index contributed by atoms with van der Waals surface area (Å²) < 4.78 is 5.88. The fraction of sp³-hybridized carbons (Fsp3) is 0.167. The Morgan fingerprint density at radius 1 is 0.935 bits per heavy atom. The van der Waals surface area contributed by atoms with Gasteiger partial charge in [0.1, 0.15) is 5.75 Å². The Hall–Kier alpha value is -2.96. The van der Waals surface area contributed by atoms with Crippen LogP contribution in [0.1, 0.15) is 12.5 Å². The number of hydrogen-bond donors (Lipinski definition) is 2. The molecule has 2 N–H and O–H groups in total. The van der Waals surface area contributed by atoms with Gasteiger partial charge in [0.15, 0.2) is 5.75 Å². The lowest BCUT2D eigenvalue weighted by molar-refractivity contribution is -0.115. The Balaban J connectivity index is 1.55. The molecular formula is C24H23ClN2O3S. The normalized spacial score (nSPS) is 11.5. The van der Waals surface area contributed by atoms with E-state index in [-0.39, 0.29) is 17.6 Å². The number of thioether (sulfide) groups is 1. The SMILES string of the molecule is Cc1ccc(NC(=O)CSC(C)C(=O)Nc2ccccc2Oc2ccccc2Cl)cc1. The number of carbonyl (C=O) groups is 2. The van der Waals surface area contributed by atoms with Gasteiger partial charge >= 0.3 is 0 Å². The number of hydrogen-bond acceptors (Lipinski definition) is 4. The number of benzene rings is 3. The fourth-order valence-electron chi connectivity index (χ4n) is 2.65. The lowest BCUT2D eigenvalue weighted by atomic mass is 10.2. The van der Waals surface area contributed by atoms with Gasteiger partial charge in [-0.05, 0) is 50.2 Å². The van der Waals surface area contributed by atoms with Crippen LogP contribution in [0.15, 0.2) is 72.8 Å². The van der Waals surface area contributed by atoms with Gasteiger partial charge in [0.25, 0.3) is 0 Å². The van der Waals surface area contributed by atoms with Crippen molar-refractivity contribution in [3.05, 3.63) is 83.4 Å². The predicted molar refractivity (Wildman–Crippen MR) is 128 cm³/mol. The van der Waals surface area contributed by atoms with Gasteiger partial charge in [0, 0.05) is 5.69 Å². The molecule has 2 amide bonds.